The minimum atomic E-state index is -3.00. The van der Waals surface area contributed by atoms with Crippen LogP contribution >= 0.6 is 23.2 Å². The highest BCUT2D eigenvalue weighted by atomic mass is 35.5. The van der Waals surface area contributed by atoms with Crippen LogP contribution in [0.25, 0.3) is 11.3 Å². The van der Waals surface area contributed by atoms with Crippen molar-refractivity contribution in [3.05, 3.63) is 105 Å². The molecule has 4 aromatic rings. The van der Waals surface area contributed by atoms with Crippen molar-refractivity contribution in [3.63, 3.8) is 0 Å². The molecule has 0 bridgehead atoms. The van der Waals surface area contributed by atoms with Crippen LogP contribution in [0.4, 0.5) is 37.4 Å². The minimum absolute atomic E-state index is 0.0171. The Kier molecular flexibility index (Phi) is 13.4. The van der Waals surface area contributed by atoms with Crippen LogP contribution in [0.15, 0.2) is 71.3 Å². The van der Waals surface area contributed by atoms with Crippen molar-refractivity contribution in [2.45, 2.75) is 31.9 Å². The number of aryl methyl sites for hydroxylation is 1. The molecule has 0 radical (unpaired) electrons. The Bertz CT molecular complexity index is 1810. The molecule has 10 nitrogen and oxygen atoms in total. The number of benzene rings is 3. The van der Waals surface area contributed by atoms with Gasteiger partial charge in [-0.3, -0.25) is 10.1 Å². The second-order valence-electron chi connectivity index (χ2n) is 10.8. The van der Waals surface area contributed by atoms with Gasteiger partial charge >= 0.3 is 12.1 Å². The van der Waals surface area contributed by atoms with Gasteiger partial charge < -0.3 is 24.4 Å². The summed E-state index contributed by atoms with van der Waals surface area (Å²) in [5.74, 6) is -2.48. The summed E-state index contributed by atoms with van der Waals surface area (Å²) in [4.78, 5) is 40.9. The zero-order chi connectivity index (χ0) is 36.4. The molecule has 1 atom stereocenters. The number of nitrogens with one attached hydrogen (secondary N) is 2. The van der Waals surface area contributed by atoms with Crippen LogP contribution in [0, 0.1) is 17.5 Å². The molecule has 1 heterocycles. The van der Waals surface area contributed by atoms with Gasteiger partial charge in [-0.2, -0.15) is 0 Å². The van der Waals surface area contributed by atoms with E-state index in [1.165, 1.54) is 55.6 Å². The first-order chi connectivity index (χ1) is 23.8. The molecular weight excluding hydrogens is 712 g/mol. The van der Waals surface area contributed by atoms with E-state index >= 15 is 0 Å². The number of hydrogen-bond acceptors (Lipinski definition) is 6. The summed E-state index contributed by atoms with van der Waals surface area (Å²) in [6.07, 6.45) is -4.27. The minimum Gasteiger partial charge on any atom is -0.447 e. The van der Waals surface area contributed by atoms with E-state index < -0.39 is 67.6 Å². The van der Waals surface area contributed by atoms with E-state index in [9.17, 15) is 36.3 Å². The molecule has 0 saturated carbocycles. The molecule has 50 heavy (non-hydrogen) atoms. The normalized spacial score (nSPS) is 11.6. The van der Waals surface area contributed by atoms with Crippen LogP contribution in [0.3, 0.4) is 0 Å². The molecule has 0 fully saturated rings. The van der Waals surface area contributed by atoms with E-state index in [0.717, 1.165) is 17.0 Å². The van der Waals surface area contributed by atoms with Crippen LogP contribution in [0.2, 0.25) is 10.0 Å². The SMILES string of the molecule is CN(C(=O)CCc1cccc(F)c1Cl)[C@H](COC(=O)Nc1cc(-c2cccc(F)c2)on1)CN(CC(F)F)C(=O)NCc1cccc(F)c1Cl. The lowest BCUT2D eigenvalue weighted by molar-refractivity contribution is -0.133. The number of hydrogen-bond donors (Lipinski definition) is 2. The maximum Gasteiger partial charge on any atom is 0.412 e. The highest BCUT2D eigenvalue weighted by molar-refractivity contribution is 6.31. The third-order valence-corrected chi connectivity index (χ3v) is 8.22. The van der Waals surface area contributed by atoms with Gasteiger partial charge in [-0.05, 0) is 41.8 Å². The van der Waals surface area contributed by atoms with Gasteiger partial charge in [0.2, 0.25) is 5.91 Å². The van der Waals surface area contributed by atoms with E-state index in [1.807, 2.05) is 0 Å². The summed E-state index contributed by atoms with van der Waals surface area (Å²) in [5.41, 5.74) is 0.876. The Balaban J connectivity index is 1.48. The van der Waals surface area contributed by atoms with Crippen LogP contribution in [-0.2, 0) is 22.5 Å². The van der Waals surface area contributed by atoms with Gasteiger partial charge in [-0.25, -0.2) is 31.5 Å². The highest BCUT2D eigenvalue weighted by Crippen LogP contribution is 2.24. The van der Waals surface area contributed by atoms with Gasteiger partial charge in [-0.1, -0.05) is 64.8 Å². The molecule has 3 aromatic carbocycles. The molecule has 1 aromatic heterocycles. The van der Waals surface area contributed by atoms with Crippen molar-refractivity contribution in [1.82, 2.24) is 20.3 Å². The molecule has 0 saturated heterocycles. The van der Waals surface area contributed by atoms with Crippen molar-refractivity contribution in [1.29, 1.82) is 0 Å². The Morgan fingerprint density at radius 3 is 2.26 bits per heavy atom. The molecule has 2 N–H and O–H groups in total. The molecule has 266 valence electrons. The molecule has 4 amide bonds. The zero-order valence-electron chi connectivity index (χ0n) is 26.3. The number of carbonyl (C=O) groups excluding carboxylic acids is 3. The number of urea groups is 1. The fraction of sp³-hybridized carbons (Fsp3) is 0.273. The first-order valence-corrected chi connectivity index (χ1v) is 15.7. The highest BCUT2D eigenvalue weighted by Gasteiger charge is 2.29. The number of halogens is 7. The predicted octanol–water partition coefficient (Wildman–Crippen LogP) is 7.55. The largest absolute Gasteiger partial charge is 0.447 e. The van der Waals surface area contributed by atoms with Gasteiger partial charge in [0.15, 0.2) is 11.6 Å². The second kappa shape index (κ2) is 17.7. The zero-order valence-corrected chi connectivity index (χ0v) is 27.8. The summed E-state index contributed by atoms with van der Waals surface area (Å²) < 4.78 is 79.2. The number of alkyl halides is 2. The number of nitrogens with zero attached hydrogens (tertiary/aromatic N) is 3. The van der Waals surface area contributed by atoms with Crippen molar-refractivity contribution in [2.75, 3.05) is 32.1 Å². The van der Waals surface area contributed by atoms with Crippen LogP contribution in [-0.4, -0.2) is 72.2 Å². The Hall–Kier alpha value is -4.89. The van der Waals surface area contributed by atoms with Gasteiger partial charge in [0.25, 0.3) is 6.43 Å². The average molecular weight is 743 g/mol. The Morgan fingerprint density at radius 2 is 1.58 bits per heavy atom. The van der Waals surface area contributed by atoms with E-state index in [4.69, 9.17) is 32.5 Å². The van der Waals surface area contributed by atoms with Gasteiger partial charge in [0, 0.05) is 38.2 Å². The maximum atomic E-state index is 13.9. The molecule has 0 aliphatic heterocycles. The standard InChI is InChI=1S/C33H30Cl2F5N5O5/c1-44(29(46)12-11-19-5-3-9-24(37)30(19)34)23(16-45(17-27(39)40)32(47)41-15-21-7-4-10-25(38)31(21)35)18-49-33(48)42-28-14-26(50-43-28)20-6-2-8-22(36)13-20/h2-10,13-14,23,27H,11-12,15-18H2,1H3,(H,41,47)(H,42,43,48)/t23-/m0/s1. The van der Waals surface area contributed by atoms with E-state index in [0.29, 0.717) is 16.0 Å². The monoisotopic (exact) mass is 741 g/mol. The smallest absolute Gasteiger partial charge is 0.412 e. The quantitative estimate of drug-likeness (QED) is 0.129. The molecule has 0 aliphatic rings. The third-order valence-electron chi connectivity index (χ3n) is 7.38. The summed E-state index contributed by atoms with van der Waals surface area (Å²) in [5, 5.41) is 7.99. The number of carbonyl (C=O) groups is 3. The Labute approximate surface area is 293 Å². The van der Waals surface area contributed by atoms with Crippen LogP contribution in [0.5, 0.6) is 0 Å². The molecule has 4 rings (SSSR count). The van der Waals surface area contributed by atoms with E-state index in [1.54, 1.807) is 6.07 Å². The number of ether oxygens (including phenoxy) is 1. The fourth-order valence-electron chi connectivity index (χ4n) is 4.70. The molecule has 0 aliphatic carbocycles. The van der Waals surface area contributed by atoms with Gasteiger partial charge in [0.1, 0.15) is 24.1 Å². The van der Waals surface area contributed by atoms with Crippen LogP contribution in [0.1, 0.15) is 17.5 Å². The first-order valence-electron chi connectivity index (χ1n) is 14.9. The second-order valence-corrected chi connectivity index (χ2v) is 11.6. The summed E-state index contributed by atoms with van der Waals surface area (Å²) in [6.45, 7) is -2.52. The maximum absolute atomic E-state index is 13.9. The van der Waals surface area contributed by atoms with Gasteiger partial charge in [-0.15, -0.1) is 0 Å². The lowest BCUT2D eigenvalue weighted by Crippen LogP contribution is -2.52. The van der Waals surface area contributed by atoms with Crippen LogP contribution < -0.4 is 10.6 Å². The predicted molar refractivity (Wildman–Crippen MR) is 174 cm³/mol. The lowest BCUT2D eigenvalue weighted by atomic mass is 10.1. The average Bonchev–Trinajstić information content (AvgIpc) is 3.55. The number of anilines is 1. The lowest BCUT2D eigenvalue weighted by Gasteiger charge is -2.33. The third kappa shape index (κ3) is 10.6. The van der Waals surface area contributed by atoms with Crippen molar-refractivity contribution < 1.29 is 45.6 Å². The summed E-state index contributed by atoms with van der Waals surface area (Å²) in [6, 6.07) is 12.6. The molecular formula is C33H30Cl2F5N5O5. The topological polar surface area (TPSA) is 117 Å². The number of likely N-dealkylation sites (N-methyl/N-ethyl adjacent to an activating group) is 1. The first kappa shape index (κ1) is 37.9. The van der Waals surface area contributed by atoms with E-state index in [-0.39, 0.29) is 46.6 Å². The van der Waals surface area contributed by atoms with Gasteiger partial charge in [0.05, 0.1) is 22.6 Å². The number of aromatic nitrogens is 1. The number of amides is 4. The van der Waals surface area contributed by atoms with Crippen molar-refractivity contribution in [2.24, 2.45) is 0 Å². The molecule has 0 unspecified atom stereocenters. The summed E-state index contributed by atoms with van der Waals surface area (Å²) >= 11 is 12.0. The van der Waals surface area contributed by atoms with E-state index in [2.05, 4.69) is 15.8 Å². The summed E-state index contributed by atoms with van der Waals surface area (Å²) in [7, 11) is 1.31. The molecule has 0 spiro atoms. The molecule has 17 heteroatoms. The number of rotatable bonds is 14. The van der Waals surface area contributed by atoms with Crippen molar-refractivity contribution in [3.8, 4) is 11.3 Å². The Morgan fingerprint density at radius 1 is 0.920 bits per heavy atom. The fourth-order valence-corrected chi connectivity index (χ4v) is 5.12. The van der Waals surface area contributed by atoms with Crippen molar-refractivity contribution >= 4 is 47.1 Å².